The fourth-order valence-electron chi connectivity index (χ4n) is 1.85. The summed E-state index contributed by atoms with van der Waals surface area (Å²) in [4.78, 5) is 10.6. The van der Waals surface area contributed by atoms with E-state index in [4.69, 9.17) is 16.2 Å². The van der Waals surface area contributed by atoms with E-state index in [1.54, 1.807) is 0 Å². The molecule has 106 valence electrons. The van der Waals surface area contributed by atoms with E-state index < -0.39 is 0 Å². The van der Waals surface area contributed by atoms with E-state index in [0.717, 1.165) is 35.0 Å². The van der Waals surface area contributed by atoms with Crippen LogP contribution in [0.3, 0.4) is 0 Å². The van der Waals surface area contributed by atoms with Crippen LogP contribution in [0.4, 0.5) is 0 Å². The van der Waals surface area contributed by atoms with Crippen LogP contribution < -0.4 is 16.2 Å². The van der Waals surface area contributed by atoms with Gasteiger partial charge in [0.05, 0.1) is 11.1 Å². The summed E-state index contributed by atoms with van der Waals surface area (Å²) in [6.07, 6.45) is 2.96. The molecule has 1 aromatic carbocycles. The Bertz CT molecular complexity index is 424. The first kappa shape index (κ1) is 16.0. The van der Waals surface area contributed by atoms with Gasteiger partial charge in [0.15, 0.2) is 0 Å². The summed E-state index contributed by atoms with van der Waals surface area (Å²) < 4.78 is 6.37. The average Bonchev–Trinajstić information content (AvgIpc) is 2.36. The molecule has 1 amide bonds. The Labute approximate surface area is 122 Å². The third-order valence-electron chi connectivity index (χ3n) is 2.87. The lowest BCUT2D eigenvalue weighted by Crippen LogP contribution is -2.12. The van der Waals surface area contributed by atoms with E-state index in [1.807, 2.05) is 25.1 Å². The third kappa shape index (κ3) is 5.61. The molecule has 0 bridgehead atoms. The minimum absolute atomic E-state index is 0.0279. The highest BCUT2D eigenvalue weighted by Gasteiger charge is 2.09. The number of unbranched alkanes of at least 4 members (excludes halogenated alkanes) is 1. The van der Waals surface area contributed by atoms with Gasteiger partial charge < -0.3 is 16.2 Å². The van der Waals surface area contributed by atoms with Gasteiger partial charge in [0.2, 0.25) is 5.91 Å². The molecule has 0 radical (unpaired) electrons. The number of carbonyl (C=O) groups excluding carboxylic acids is 1. The number of hydrogen-bond donors (Lipinski definition) is 2. The zero-order valence-corrected chi connectivity index (χ0v) is 12.8. The lowest BCUT2D eigenvalue weighted by molar-refractivity contribution is -0.118. The first-order valence-electron chi connectivity index (χ1n) is 6.50. The van der Waals surface area contributed by atoms with E-state index in [1.165, 1.54) is 0 Å². The highest BCUT2D eigenvalue weighted by Crippen LogP contribution is 2.29. The van der Waals surface area contributed by atoms with Gasteiger partial charge in [-0.1, -0.05) is 12.5 Å². The maximum Gasteiger partial charge on any atom is 0.217 e. The minimum atomic E-state index is -0.252. The van der Waals surface area contributed by atoms with E-state index in [2.05, 4.69) is 15.9 Å². The molecule has 0 saturated heterocycles. The number of halogens is 1. The molecule has 19 heavy (non-hydrogen) atoms. The highest BCUT2D eigenvalue weighted by atomic mass is 79.9. The largest absolute Gasteiger partial charge is 0.493 e. The normalized spacial score (nSPS) is 12.2. The van der Waals surface area contributed by atoms with Gasteiger partial charge in [0, 0.05) is 12.5 Å². The lowest BCUT2D eigenvalue weighted by atomic mass is 10.0. The van der Waals surface area contributed by atoms with Gasteiger partial charge in [-0.25, -0.2) is 0 Å². The molecule has 4 nitrogen and oxygen atoms in total. The van der Waals surface area contributed by atoms with Gasteiger partial charge in [-0.15, -0.1) is 0 Å². The van der Waals surface area contributed by atoms with Gasteiger partial charge in [0.1, 0.15) is 5.75 Å². The summed E-state index contributed by atoms with van der Waals surface area (Å²) in [6, 6.07) is 5.87. The van der Waals surface area contributed by atoms with Crippen LogP contribution in [0, 0.1) is 0 Å². The topological polar surface area (TPSA) is 78.3 Å². The van der Waals surface area contributed by atoms with Crippen LogP contribution in [0.15, 0.2) is 22.7 Å². The van der Waals surface area contributed by atoms with E-state index in [0.29, 0.717) is 13.0 Å². The van der Waals surface area contributed by atoms with Crippen LogP contribution in [0.2, 0.25) is 0 Å². The number of amides is 1. The number of primary amides is 1. The summed E-state index contributed by atoms with van der Waals surface area (Å²) >= 11 is 3.48. The molecule has 1 unspecified atom stereocenters. The molecule has 0 spiro atoms. The van der Waals surface area contributed by atoms with Crippen molar-refractivity contribution >= 4 is 21.8 Å². The standard InChI is InChI=1S/C14H21BrN2O2/c1-2-19-13-8-7-10(9-11(13)15)12(16)5-3-4-6-14(17)18/h7-9,12H,2-6,16H2,1H3,(H2,17,18). The quantitative estimate of drug-likeness (QED) is 0.720. The number of carbonyl (C=O) groups is 1. The van der Waals surface area contributed by atoms with Gasteiger partial charge in [-0.05, 0) is 53.4 Å². The maximum atomic E-state index is 10.6. The highest BCUT2D eigenvalue weighted by molar-refractivity contribution is 9.10. The summed E-state index contributed by atoms with van der Waals surface area (Å²) in [5, 5.41) is 0. The van der Waals surface area contributed by atoms with Crippen molar-refractivity contribution in [3.63, 3.8) is 0 Å². The van der Waals surface area contributed by atoms with Gasteiger partial charge in [-0.3, -0.25) is 4.79 Å². The second kappa shape index (κ2) is 8.17. The van der Waals surface area contributed by atoms with Crippen molar-refractivity contribution in [2.75, 3.05) is 6.61 Å². The smallest absolute Gasteiger partial charge is 0.217 e. The van der Waals surface area contributed by atoms with Gasteiger partial charge in [-0.2, -0.15) is 0 Å². The zero-order valence-electron chi connectivity index (χ0n) is 11.2. The van der Waals surface area contributed by atoms with Gasteiger partial charge in [0.25, 0.3) is 0 Å². The maximum absolute atomic E-state index is 10.6. The van der Waals surface area contributed by atoms with Crippen molar-refractivity contribution in [1.82, 2.24) is 0 Å². The van der Waals surface area contributed by atoms with Crippen LogP contribution in [-0.2, 0) is 4.79 Å². The van der Waals surface area contributed by atoms with Crippen molar-refractivity contribution in [1.29, 1.82) is 0 Å². The van der Waals surface area contributed by atoms with E-state index in [-0.39, 0.29) is 11.9 Å². The van der Waals surface area contributed by atoms with E-state index in [9.17, 15) is 4.79 Å². The number of benzene rings is 1. The molecule has 1 aromatic rings. The summed E-state index contributed by atoms with van der Waals surface area (Å²) in [5.41, 5.74) is 12.3. The molecule has 4 N–H and O–H groups in total. The zero-order chi connectivity index (χ0) is 14.3. The average molecular weight is 329 g/mol. The SMILES string of the molecule is CCOc1ccc(C(N)CCCCC(N)=O)cc1Br. The van der Waals surface area contributed by atoms with E-state index >= 15 is 0 Å². The Morgan fingerprint density at radius 1 is 1.42 bits per heavy atom. The molecule has 0 fully saturated rings. The number of ether oxygens (including phenoxy) is 1. The summed E-state index contributed by atoms with van der Waals surface area (Å²) in [6.45, 7) is 2.59. The van der Waals surface area contributed by atoms with Crippen molar-refractivity contribution in [2.24, 2.45) is 11.5 Å². The molecular weight excluding hydrogens is 308 g/mol. The molecule has 1 atom stereocenters. The Morgan fingerprint density at radius 2 is 2.16 bits per heavy atom. The van der Waals surface area contributed by atoms with Crippen LogP contribution in [0.1, 0.15) is 44.2 Å². The molecule has 0 aliphatic heterocycles. The summed E-state index contributed by atoms with van der Waals surface area (Å²) in [5.74, 6) is 0.574. The fraction of sp³-hybridized carbons (Fsp3) is 0.500. The molecular formula is C14H21BrN2O2. The Hall–Kier alpha value is -1.07. The molecule has 1 rings (SSSR count). The number of hydrogen-bond acceptors (Lipinski definition) is 3. The first-order valence-corrected chi connectivity index (χ1v) is 7.30. The Kier molecular flexibility index (Phi) is 6.87. The van der Waals surface area contributed by atoms with Crippen LogP contribution >= 0.6 is 15.9 Å². The number of rotatable bonds is 8. The fourth-order valence-corrected chi connectivity index (χ4v) is 2.36. The summed E-state index contributed by atoms with van der Waals surface area (Å²) in [7, 11) is 0. The third-order valence-corrected chi connectivity index (χ3v) is 3.49. The minimum Gasteiger partial charge on any atom is -0.493 e. The van der Waals surface area contributed by atoms with Crippen molar-refractivity contribution < 1.29 is 9.53 Å². The van der Waals surface area contributed by atoms with Crippen molar-refractivity contribution in [3.05, 3.63) is 28.2 Å². The molecule has 0 heterocycles. The van der Waals surface area contributed by atoms with Crippen molar-refractivity contribution in [3.8, 4) is 5.75 Å². The second-order valence-electron chi connectivity index (χ2n) is 4.44. The predicted octanol–water partition coefficient (Wildman–Crippen LogP) is 2.89. The van der Waals surface area contributed by atoms with Crippen molar-refractivity contribution in [2.45, 2.75) is 38.6 Å². The lowest BCUT2D eigenvalue weighted by Gasteiger charge is -2.14. The van der Waals surface area contributed by atoms with Gasteiger partial charge >= 0.3 is 0 Å². The molecule has 5 heteroatoms. The monoisotopic (exact) mass is 328 g/mol. The predicted molar refractivity (Wildman–Crippen MR) is 79.9 cm³/mol. The molecule has 0 aliphatic rings. The van der Waals surface area contributed by atoms with Crippen LogP contribution in [0.25, 0.3) is 0 Å². The molecule has 0 aromatic heterocycles. The molecule has 0 aliphatic carbocycles. The van der Waals surface area contributed by atoms with Crippen LogP contribution in [-0.4, -0.2) is 12.5 Å². The number of nitrogens with two attached hydrogens (primary N) is 2. The Balaban J connectivity index is 2.50. The first-order chi connectivity index (χ1) is 9.04. The molecule has 0 saturated carbocycles. The second-order valence-corrected chi connectivity index (χ2v) is 5.30. The van der Waals surface area contributed by atoms with Crippen LogP contribution in [0.5, 0.6) is 5.75 Å². The Morgan fingerprint density at radius 3 is 2.74 bits per heavy atom.